The summed E-state index contributed by atoms with van der Waals surface area (Å²) in [6.45, 7) is 1.18. The predicted molar refractivity (Wildman–Crippen MR) is 112 cm³/mol. The fourth-order valence-corrected chi connectivity index (χ4v) is 3.99. The highest BCUT2D eigenvalue weighted by Crippen LogP contribution is 2.29. The number of amides is 4. The van der Waals surface area contributed by atoms with Gasteiger partial charge < -0.3 is 30.3 Å². The molecule has 1 heterocycles. The average Bonchev–Trinajstić information content (AvgIpc) is 2.74. The third-order valence-electron chi connectivity index (χ3n) is 5.71. The fourth-order valence-electron chi connectivity index (χ4n) is 3.99. The molecule has 3 N–H and O–H groups in total. The Morgan fingerprint density at radius 1 is 0.931 bits per heavy atom. The van der Waals surface area contributed by atoms with Gasteiger partial charge in [-0.15, -0.1) is 0 Å². The first kappa shape index (κ1) is 21.1. The Morgan fingerprint density at radius 2 is 1.59 bits per heavy atom. The number of ether oxygens (including phenoxy) is 2. The summed E-state index contributed by atoms with van der Waals surface area (Å²) >= 11 is 0. The van der Waals surface area contributed by atoms with E-state index in [1.54, 1.807) is 37.3 Å². The Bertz CT molecular complexity index is 698. The van der Waals surface area contributed by atoms with Gasteiger partial charge in [-0.25, -0.2) is 9.59 Å². The third-order valence-corrected chi connectivity index (χ3v) is 5.71. The van der Waals surface area contributed by atoms with E-state index in [0.717, 1.165) is 25.7 Å². The SMILES string of the molecule is COc1ccc(OC)c(NC(=O)N2CCC(NC(=O)NC3CCCCC3)CC2)c1. The van der Waals surface area contributed by atoms with Crippen LogP contribution in [-0.2, 0) is 0 Å². The van der Waals surface area contributed by atoms with Gasteiger partial charge in [-0.3, -0.25) is 0 Å². The number of nitrogens with one attached hydrogen (secondary N) is 3. The molecule has 0 radical (unpaired) electrons. The second-order valence-electron chi connectivity index (χ2n) is 7.71. The molecular formula is C21H32N4O4. The van der Waals surface area contributed by atoms with Crippen molar-refractivity contribution in [1.82, 2.24) is 15.5 Å². The summed E-state index contributed by atoms with van der Waals surface area (Å²) in [5, 5.41) is 9.05. The molecule has 3 rings (SSSR count). The number of likely N-dealkylation sites (tertiary alicyclic amines) is 1. The number of carbonyl (C=O) groups excluding carboxylic acids is 2. The average molecular weight is 405 g/mol. The first-order valence-electron chi connectivity index (χ1n) is 10.4. The summed E-state index contributed by atoms with van der Waals surface area (Å²) in [6, 6.07) is 5.41. The van der Waals surface area contributed by atoms with Crippen molar-refractivity contribution >= 4 is 17.7 Å². The molecule has 2 aliphatic rings. The number of rotatable bonds is 5. The van der Waals surface area contributed by atoms with Gasteiger partial charge >= 0.3 is 12.1 Å². The highest BCUT2D eigenvalue weighted by molar-refractivity contribution is 5.91. The van der Waals surface area contributed by atoms with Crippen molar-refractivity contribution in [2.75, 3.05) is 32.6 Å². The normalized spacial score (nSPS) is 18.1. The van der Waals surface area contributed by atoms with E-state index in [0.29, 0.717) is 36.3 Å². The molecule has 0 spiro atoms. The van der Waals surface area contributed by atoms with Crippen molar-refractivity contribution in [3.63, 3.8) is 0 Å². The molecule has 160 valence electrons. The van der Waals surface area contributed by atoms with Crippen LogP contribution in [0.2, 0.25) is 0 Å². The van der Waals surface area contributed by atoms with Gasteiger partial charge in [0, 0.05) is 31.2 Å². The fraction of sp³-hybridized carbons (Fsp3) is 0.619. The van der Waals surface area contributed by atoms with E-state index in [-0.39, 0.29) is 18.1 Å². The lowest BCUT2D eigenvalue weighted by molar-refractivity contribution is 0.186. The lowest BCUT2D eigenvalue weighted by atomic mass is 9.96. The van der Waals surface area contributed by atoms with Gasteiger partial charge in [0.05, 0.1) is 19.9 Å². The molecule has 1 aromatic carbocycles. The van der Waals surface area contributed by atoms with Crippen LogP contribution >= 0.6 is 0 Å². The standard InChI is InChI=1S/C21H32N4O4/c1-28-17-8-9-19(29-2)18(14-17)24-21(27)25-12-10-16(11-13-25)23-20(26)22-15-6-4-3-5-7-15/h8-9,14-16H,3-7,10-13H2,1-2H3,(H,24,27)(H2,22,23,26). The Kier molecular flexibility index (Phi) is 7.43. The molecule has 0 aromatic heterocycles. The predicted octanol–water partition coefficient (Wildman–Crippen LogP) is 3.33. The summed E-state index contributed by atoms with van der Waals surface area (Å²) in [4.78, 5) is 26.6. The molecule has 1 saturated carbocycles. The molecule has 1 aromatic rings. The third kappa shape index (κ3) is 5.92. The lowest BCUT2D eigenvalue weighted by Crippen LogP contribution is -2.51. The number of benzene rings is 1. The van der Waals surface area contributed by atoms with Gasteiger partial charge in [0.2, 0.25) is 0 Å². The number of urea groups is 2. The van der Waals surface area contributed by atoms with Crippen molar-refractivity contribution in [1.29, 1.82) is 0 Å². The maximum Gasteiger partial charge on any atom is 0.321 e. The molecule has 4 amide bonds. The maximum atomic E-state index is 12.6. The van der Waals surface area contributed by atoms with Crippen LogP contribution in [0.5, 0.6) is 11.5 Å². The van der Waals surface area contributed by atoms with E-state index in [1.165, 1.54) is 19.3 Å². The Morgan fingerprint density at radius 3 is 2.21 bits per heavy atom. The Balaban J connectivity index is 1.45. The summed E-state index contributed by atoms with van der Waals surface area (Å²) < 4.78 is 10.5. The quantitative estimate of drug-likeness (QED) is 0.702. The Hall–Kier alpha value is -2.64. The van der Waals surface area contributed by atoms with Crippen LogP contribution in [-0.4, -0.2) is 56.4 Å². The van der Waals surface area contributed by atoms with Crippen LogP contribution < -0.4 is 25.4 Å². The summed E-state index contributed by atoms with van der Waals surface area (Å²) in [7, 11) is 3.14. The van der Waals surface area contributed by atoms with Crippen LogP contribution in [0.1, 0.15) is 44.9 Å². The van der Waals surface area contributed by atoms with Crippen LogP contribution in [0.3, 0.4) is 0 Å². The van der Waals surface area contributed by atoms with E-state index in [2.05, 4.69) is 16.0 Å². The van der Waals surface area contributed by atoms with Crippen molar-refractivity contribution < 1.29 is 19.1 Å². The minimum atomic E-state index is -0.179. The van der Waals surface area contributed by atoms with Gasteiger partial charge in [-0.1, -0.05) is 19.3 Å². The smallest absolute Gasteiger partial charge is 0.321 e. The molecule has 1 aliphatic heterocycles. The van der Waals surface area contributed by atoms with Crippen LogP contribution in [0.25, 0.3) is 0 Å². The summed E-state index contributed by atoms with van der Waals surface area (Å²) in [5.74, 6) is 1.23. The second-order valence-corrected chi connectivity index (χ2v) is 7.71. The van der Waals surface area contributed by atoms with Gasteiger partial charge in [0.25, 0.3) is 0 Å². The molecular weight excluding hydrogens is 372 g/mol. The number of methoxy groups -OCH3 is 2. The zero-order valence-corrected chi connectivity index (χ0v) is 17.3. The number of nitrogens with zero attached hydrogens (tertiary/aromatic N) is 1. The molecule has 0 bridgehead atoms. The van der Waals surface area contributed by atoms with Crippen molar-refractivity contribution in [2.24, 2.45) is 0 Å². The molecule has 0 atom stereocenters. The lowest BCUT2D eigenvalue weighted by Gasteiger charge is -2.33. The van der Waals surface area contributed by atoms with Gasteiger partial charge in [-0.2, -0.15) is 0 Å². The number of piperidine rings is 1. The topological polar surface area (TPSA) is 91.9 Å². The zero-order valence-electron chi connectivity index (χ0n) is 17.3. The van der Waals surface area contributed by atoms with Gasteiger partial charge in [0.1, 0.15) is 11.5 Å². The number of hydrogen-bond donors (Lipinski definition) is 3. The monoisotopic (exact) mass is 404 g/mol. The van der Waals surface area contributed by atoms with E-state index >= 15 is 0 Å². The summed E-state index contributed by atoms with van der Waals surface area (Å²) in [5.41, 5.74) is 0.573. The molecule has 1 saturated heterocycles. The highest BCUT2D eigenvalue weighted by Gasteiger charge is 2.25. The number of carbonyl (C=O) groups is 2. The van der Waals surface area contributed by atoms with Gasteiger partial charge in [0.15, 0.2) is 0 Å². The molecule has 8 heteroatoms. The van der Waals surface area contributed by atoms with E-state index in [4.69, 9.17) is 9.47 Å². The first-order chi connectivity index (χ1) is 14.1. The van der Waals surface area contributed by atoms with Crippen LogP contribution in [0.15, 0.2) is 18.2 Å². The van der Waals surface area contributed by atoms with Crippen LogP contribution in [0.4, 0.5) is 15.3 Å². The minimum Gasteiger partial charge on any atom is -0.497 e. The summed E-state index contributed by atoms with van der Waals surface area (Å²) in [6.07, 6.45) is 7.26. The molecule has 0 unspecified atom stereocenters. The highest BCUT2D eigenvalue weighted by atomic mass is 16.5. The second kappa shape index (κ2) is 10.2. The Labute approximate surface area is 172 Å². The minimum absolute atomic E-state index is 0.0825. The van der Waals surface area contributed by atoms with Crippen molar-refractivity contribution in [3.05, 3.63) is 18.2 Å². The number of anilines is 1. The molecule has 29 heavy (non-hydrogen) atoms. The van der Waals surface area contributed by atoms with E-state index in [1.807, 2.05) is 0 Å². The largest absolute Gasteiger partial charge is 0.497 e. The van der Waals surface area contributed by atoms with Crippen LogP contribution in [0, 0.1) is 0 Å². The van der Waals surface area contributed by atoms with E-state index < -0.39 is 0 Å². The van der Waals surface area contributed by atoms with E-state index in [9.17, 15) is 9.59 Å². The van der Waals surface area contributed by atoms with Gasteiger partial charge in [-0.05, 0) is 37.8 Å². The molecule has 8 nitrogen and oxygen atoms in total. The maximum absolute atomic E-state index is 12.6. The number of hydrogen-bond acceptors (Lipinski definition) is 4. The zero-order chi connectivity index (χ0) is 20.6. The van der Waals surface area contributed by atoms with Crippen molar-refractivity contribution in [2.45, 2.75) is 57.0 Å². The molecule has 1 aliphatic carbocycles. The first-order valence-corrected chi connectivity index (χ1v) is 10.4. The molecule has 2 fully saturated rings. The van der Waals surface area contributed by atoms with Crippen molar-refractivity contribution in [3.8, 4) is 11.5 Å².